The number of benzene rings is 5. The van der Waals surface area contributed by atoms with E-state index in [0.717, 1.165) is 36.8 Å². The molecule has 0 saturated heterocycles. The van der Waals surface area contributed by atoms with Crippen molar-refractivity contribution in [1.82, 2.24) is 4.90 Å². The highest BCUT2D eigenvalue weighted by Crippen LogP contribution is 2.25. The van der Waals surface area contributed by atoms with Gasteiger partial charge in [0, 0.05) is 16.8 Å². The first-order valence-electron chi connectivity index (χ1n) is 15.8. The van der Waals surface area contributed by atoms with Gasteiger partial charge in [-0.05, 0) is 114 Å². The maximum atomic E-state index is 13.1. The van der Waals surface area contributed by atoms with E-state index < -0.39 is 0 Å². The molecule has 5 aliphatic rings. The molecule has 6 nitrogen and oxygen atoms in total. The number of allylic oxidation sites excluding steroid dienone is 1. The molecule has 4 aliphatic carbocycles. The van der Waals surface area contributed by atoms with Gasteiger partial charge >= 0.3 is 0 Å². The van der Waals surface area contributed by atoms with Crippen molar-refractivity contribution in [3.05, 3.63) is 177 Å². The van der Waals surface area contributed by atoms with Gasteiger partial charge in [0.2, 0.25) is 0 Å². The minimum Gasteiger partial charge on any atom is -0.322 e. The Labute approximate surface area is 273 Å². The minimum atomic E-state index is -0.319. The molecule has 0 fully saturated rings. The Balaban J connectivity index is 0.968. The number of nitrogens with zero attached hydrogens (tertiary/aromatic N) is 1. The molecule has 0 aromatic heterocycles. The molecular weight excluding hydrogens is 584 g/mol. The van der Waals surface area contributed by atoms with Gasteiger partial charge < -0.3 is 5.32 Å². The second-order valence-electron chi connectivity index (χ2n) is 12.0. The van der Waals surface area contributed by atoms with Crippen molar-refractivity contribution >= 4 is 35.3 Å². The van der Waals surface area contributed by atoms with Crippen molar-refractivity contribution in [2.45, 2.75) is 32.2 Å². The topological polar surface area (TPSA) is 83.6 Å². The molecule has 47 heavy (non-hydrogen) atoms. The van der Waals surface area contributed by atoms with Crippen molar-refractivity contribution in [1.29, 1.82) is 0 Å². The molecule has 6 heteroatoms. The Morgan fingerprint density at radius 2 is 1.21 bits per heavy atom. The number of fused-ring (bicyclic) bond motifs is 1. The molecule has 5 aromatic rings. The van der Waals surface area contributed by atoms with Crippen molar-refractivity contribution in [3.63, 3.8) is 0 Å². The van der Waals surface area contributed by atoms with Gasteiger partial charge in [0.05, 0.1) is 17.7 Å². The average Bonchev–Trinajstić information content (AvgIpc) is 3.34. The maximum Gasteiger partial charge on any atom is 0.261 e. The number of aryl methyl sites for hydroxylation is 4. The first kappa shape index (κ1) is 29.8. The van der Waals surface area contributed by atoms with Gasteiger partial charge in [-0.15, -0.1) is 0 Å². The van der Waals surface area contributed by atoms with Crippen molar-refractivity contribution < 1.29 is 19.2 Å². The Kier molecular flexibility index (Phi) is 8.15. The number of hydrogen-bond donors (Lipinski definition) is 1. The number of carbonyl (C=O) groups excluding carboxylic acids is 4. The van der Waals surface area contributed by atoms with Crippen molar-refractivity contribution in [2.75, 3.05) is 5.32 Å². The van der Waals surface area contributed by atoms with Crippen LogP contribution in [-0.2, 0) is 32.2 Å². The van der Waals surface area contributed by atoms with E-state index in [2.05, 4.69) is 47.8 Å². The van der Waals surface area contributed by atoms with E-state index in [1.807, 2.05) is 6.08 Å². The van der Waals surface area contributed by atoms with Gasteiger partial charge in [-0.3, -0.25) is 24.1 Å². The Morgan fingerprint density at radius 3 is 1.87 bits per heavy atom. The number of carbonyl (C=O) groups is 4. The zero-order valence-electron chi connectivity index (χ0n) is 25.7. The van der Waals surface area contributed by atoms with Crippen LogP contribution in [0.15, 0.2) is 121 Å². The quantitative estimate of drug-likeness (QED) is 0.117. The van der Waals surface area contributed by atoms with E-state index >= 15 is 0 Å². The summed E-state index contributed by atoms with van der Waals surface area (Å²) in [6.07, 6.45) is 7.32. The maximum absolute atomic E-state index is 13.1. The normalized spacial score (nSPS) is 13.8. The molecule has 0 atom stereocenters. The Morgan fingerprint density at radius 1 is 0.638 bits per heavy atom. The van der Waals surface area contributed by atoms with Gasteiger partial charge in [0.15, 0.2) is 5.78 Å². The highest BCUT2D eigenvalue weighted by atomic mass is 16.2. The van der Waals surface area contributed by atoms with Crippen LogP contribution in [0.1, 0.15) is 74.8 Å². The van der Waals surface area contributed by atoms with Gasteiger partial charge in [-0.1, -0.05) is 72.8 Å². The number of ketones is 1. The summed E-state index contributed by atoms with van der Waals surface area (Å²) >= 11 is 0. The molecule has 230 valence electrons. The molecule has 1 aliphatic heterocycles. The highest BCUT2D eigenvalue weighted by Gasteiger charge is 2.34. The standard InChI is InChI=1S/C41H32N2O4/c44-38(24-21-34-25-29-10-9-27-5-7-28(8-6-27)11-15-31(34)16-12-29)32-19-22-35(23-20-32)42-39(45)33-17-13-30(14-18-33)26-43-40(46)36-3-1-2-4-37(36)41(43)47/h1-8,12-14,16-25H,9-11,15,26H2,(H,42,45)/b24-21+. The van der Waals surface area contributed by atoms with Crippen LogP contribution in [0.4, 0.5) is 5.69 Å². The molecule has 0 saturated carbocycles. The van der Waals surface area contributed by atoms with Crippen LogP contribution in [0, 0.1) is 0 Å². The third-order valence-corrected chi connectivity index (χ3v) is 8.90. The number of anilines is 1. The first-order chi connectivity index (χ1) is 22.9. The lowest BCUT2D eigenvalue weighted by Gasteiger charge is -2.14. The van der Waals surface area contributed by atoms with Crippen LogP contribution >= 0.6 is 0 Å². The first-order valence-corrected chi connectivity index (χ1v) is 15.8. The fourth-order valence-electron chi connectivity index (χ4n) is 6.13. The lowest BCUT2D eigenvalue weighted by molar-refractivity contribution is 0.0641. The number of rotatable bonds is 7. The highest BCUT2D eigenvalue weighted by molar-refractivity contribution is 6.21. The molecule has 0 unspecified atom stereocenters. The predicted molar refractivity (Wildman–Crippen MR) is 183 cm³/mol. The Hall–Kier alpha value is -5.88. The predicted octanol–water partition coefficient (Wildman–Crippen LogP) is 7.52. The van der Waals surface area contributed by atoms with Crippen LogP contribution in [-0.4, -0.2) is 28.4 Å². The zero-order chi connectivity index (χ0) is 32.3. The zero-order valence-corrected chi connectivity index (χ0v) is 25.7. The minimum absolute atomic E-state index is 0.108. The van der Waals surface area contributed by atoms with E-state index in [1.165, 1.54) is 27.2 Å². The van der Waals surface area contributed by atoms with Crippen LogP contribution < -0.4 is 5.32 Å². The SMILES string of the molecule is O=C(/C=C/c1cc2ccc1CCc1ccc(cc1)CC2)c1ccc(NC(=O)c2ccc(CN3C(=O)c4ccccc4C3=O)cc2)cc1. The van der Waals surface area contributed by atoms with E-state index in [0.29, 0.717) is 27.9 Å². The molecule has 4 bridgehead atoms. The van der Waals surface area contributed by atoms with E-state index in [9.17, 15) is 19.2 Å². The van der Waals surface area contributed by atoms with E-state index in [4.69, 9.17) is 0 Å². The molecule has 1 N–H and O–H groups in total. The third-order valence-electron chi connectivity index (χ3n) is 8.90. The molecule has 0 radical (unpaired) electrons. The monoisotopic (exact) mass is 616 g/mol. The van der Waals surface area contributed by atoms with Crippen LogP contribution in [0.3, 0.4) is 0 Å². The van der Waals surface area contributed by atoms with Crippen LogP contribution in [0.5, 0.6) is 0 Å². The molecule has 10 rings (SSSR count). The molecule has 1 heterocycles. The van der Waals surface area contributed by atoms with Crippen molar-refractivity contribution in [3.8, 4) is 0 Å². The second-order valence-corrected chi connectivity index (χ2v) is 12.0. The summed E-state index contributed by atoms with van der Waals surface area (Å²) in [5, 5.41) is 2.87. The van der Waals surface area contributed by atoms with Gasteiger partial charge in [0.1, 0.15) is 0 Å². The lowest BCUT2D eigenvalue weighted by atomic mass is 9.93. The lowest BCUT2D eigenvalue weighted by Crippen LogP contribution is -2.29. The summed E-state index contributed by atoms with van der Waals surface area (Å²) in [6.45, 7) is 0.124. The van der Waals surface area contributed by atoms with Gasteiger partial charge in [0.25, 0.3) is 17.7 Å². The smallest absolute Gasteiger partial charge is 0.261 e. The summed E-state index contributed by atoms with van der Waals surface area (Å²) < 4.78 is 0. The molecular formula is C41H32N2O4. The van der Waals surface area contributed by atoms with E-state index in [1.54, 1.807) is 78.9 Å². The third kappa shape index (κ3) is 6.44. The van der Waals surface area contributed by atoms with Crippen LogP contribution in [0.2, 0.25) is 0 Å². The van der Waals surface area contributed by atoms with E-state index in [-0.39, 0.29) is 30.0 Å². The van der Waals surface area contributed by atoms with Crippen LogP contribution in [0.25, 0.3) is 6.08 Å². The van der Waals surface area contributed by atoms with Crippen molar-refractivity contribution in [2.24, 2.45) is 0 Å². The number of amides is 3. The summed E-state index contributed by atoms with van der Waals surface area (Å²) in [6, 6.07) is 35.9. The molecule has 3 amide bonds. The fourth-order valence-corrected chi connectivity index (χ4v) is 6.13. The van der Waals surface area contributed by atoms with Gasteiger partial charge in [-0.2, -0.15) is 0 Å². The summed E-state index contributed by atoms with van der Waals surface area (Å²) in [7, 11) is 0. The number of nitrogens with one attached hydrogen (secondary N) is 1. The largest absolute Gasteiger partial charge is 0.322 e. The van der Waals surface area contributed by atoms with Gasteiger partial charge in [-0.25, -0.2) is 0 Å². The summed E-state index contributed by atoms with van der Waals surface area (Å²) in [5.41, 5.74) is 9.27. The Bertz CT molecular complexity index is 2010. The number of imide groups is 1. The summed E-state index contributed by atoms with van der Waals surface area (Å²) in [4.78, 5) is 52.6. The fraction of sp³-hybridized carbons (Fsp3) is 0.122. The molecule has 5 aromatic carbocycles. The second kappa shape index (κ2) is 12.9. The average molecular weight is 617 g/mol. The number of hydrogen-bond acceptors (Lipinski definition) is 4. The summed E-state index contributed by atoms with van der Waals surface area (Å²) in [5.74, 6) is -1.05. The molecule has 0 spiro atoms.